The van der Waals surface area contributed by atoms with Gasteiger partial charge in [-0.2, -0.15) is 0 Å². The van der Waals surface area contributed by atoms with E-state index >= 15 is 0 Å². The highest BCUT2D eigenvalue weighted by Crippen LogP contribution is 2.44. The van der Waals surface area contributed by atoms with Crippen LogP contribution >= 0.6 is 11.3 Å². The fourth-order valence-corrected chi connectivity index (χ4v) is 3.88. The van der Waals surface area contributed by atoms with E-state index in [0.29, 0.717) is 11.6 Å². The highest BCUT2D eigenvalue weighted by molar-refractivity contribution is 7.15. The molecule has 0 bridgehead atoms. The molecule has 1 saturated carbocycles. The molecular formula is C18H22FNS. The summed E-state index contributed by atoms with van der Waals surface area (Å²) in [6.45, 7) is 5.10. The third kappa shape index (κ3) is 3.35. The summed E-state index contributed by atoms with van der Waals surface area (Å²) in [5.41, 5.74) is 1.83. The molecule has 1 aromatic carbocycles. The van der Waals surface area contributed by atoms with Crippen molar-refractivity contribution >= 4 is 11.3 Å². The molecule has 1 aliphatic carbocycles. The lowest BCUT2D eigenvalue weighted by molar-refractivity contribution is 0.488. The van der Waals surface area contributed by atoms with E-state index in [1.807, 2.05) is 30.4 Å². The van der Waals surface area contributed by atoms with Crippen molar-refractivity contribution < 1.29 is 4.39 Å². The van der Waals surface area contributed by atoms with Gasteiger partial charge in [-0.1, -0.05) is 13.0 Å². The van der Waals surface area contributed by atoms with Crippen molar-refractivity contribution in [2.45, 2.75) is 39.2 Å². The summed E-state index contributed by atoms with van der Waals surface area (Å²) in [5, 5.41) is 3.68. The van der Waals surface area contributed by atoms with Crippen molar-refractivity contribution in [3.05, 3.63) is 46.6 Å². The number of hydrogen-bond acceptors (Lipinski definition) is 2. The molecule has 0 amide bonds. The Morgan fingerprint density at radius 2 is 2.10 bits per heavy atom. The van der Waals surface area contributed by atoms with Gasteiger partial charge in [-0.25, -0.2) is 4.39 Å². The second-order valence-corrected chi connectivity index (χ2v) is 7.05. The van der Waals surface area contributed by atoms with E-state index in [1.165, 1.54) is 29.0 Å². The van der Waals surface area contributed by atoms with Gasteiger partial charge in [0, 0.05) is 15.8 Å². The lowest BCUT2D eigenvalue weighted by Crippen LogP contribution is -2.22. The maximum absolute atomic E-state index is 13.4. The number of benzene rings is 1. The lowest BCUT2D eigenvalue weighted by Gasteiger charge is -2.16. The first kappa shape index (κ1) is 14.7. The van der Waals surface area contributed by atoms with Crippen molar-refractivity contribution in [1.82, 2.24) is 5.32 Å². The number of aryl methyl sites for hydroxylation is 1. The Morgan fingerprint density at radius 1 is 1.29 bits per heavy atom. The van der Waals surface area contributed by atoms with Crippen LogP contribution in [0, 0.1) is 18.7 Å². The average Bonchev–Trinajstić information content (AvgIpc) is 3.20. The van der Waals surface area contributed by atoms with E-state index in [2.05, 4.69) is 24.4 Å². The second kappa shape index (κ2) is 6.29. The molecule has 1 N–H and O–H groups in total. The molecule has 0 aliphatic heterocycles. The van der Waals surface area contributed by atoms with Gasteiger partial charge in [-0.15, -0.1) is 11.3 Å². The van der Waals surface area contributed by atoms with E-state index in [1.54, 1.807) is 6.07 Å². The second-order valence-electron chi connectivity index (χ2n) is 5.94. The smallest absolute Gasteiger partial charge is 0.126 e. The molecule has 0 spiro atoms. The third-order valence-corrected chi connectivity index (χ3v) is 5.30. The van der Waals surface area contributed by atoms with Crippen LogP contribution in [0.15, 0.2) is 30.3 Å². The van der Waals surface area contributed by atoms with Crippen LogP contribution in [-0.2, 0) is 0 Å². The van der Waals surface area contributed by atoms with Gasteiger partial charge in [-0.05, 0) is 74.0 Å². The van der Waals surface area contributed by atoms with Gasteiger partial charge in [0.15, 0.2) is 0 Å². The summed E-state index contributed by atoms with van der Waals surface area (Å²) in [6.07, 6.45) is 3.84. The number of hydrogen-bond donors (Lipinski definition) is 1. The zero-order chi connectivity index (χ0) is 14.8. The van der Waals surface area contributed by atoms with E-state index in [0.717, 1.165) is 18.0 Å². The minimum atomic E-state index is -0.129. The normalized spacial score (nSPS) is 16.1. The quantitative estimate of drug-likeness (QED) is 0.762. The van der Waals surface area contributed by atoms with Gasteiger partial charge in [-0.3, -0.25) is 0 Å². The molecule has 1 unspecified atom stereocenters. The minimum absolute atomic E-state index is 0.129. The van der Waals surface area contributed by atoms with Gasteiger partial charge in [0.05, 0.1) is 0 Å². The Hall–Kier alpha value is -1.19. The van der Waals surface area contributed by atoms with Crippen LogP contribution in [0.2, 0.25) is 0 Å². The predicted octanol–water partition coefficient (Wildman–Crippen LogP) is 5.31. The zero-order valence-corrected chi connectivity index (χ0v) is 13.5. The monoisotopic (exact) mass is 303 g/mol. The highest BCUT2D eigenvalue weighted by atomic mass is 32.1. The van der Waals surface area contributed by atoms with Crippen molar-refractivity contribution in [2.24, 2.45) is 5.92 Å². The van der Waals surface area contributed by atoms with Crippen LogP contribution in [0.4, 0.5) is 4.39 Å². The Bertz CT molecular complexity index is 615. The minimum Gasteiger partial charge on any atom is -0.309 e. The number of halogens is 1. The first-order valence-corrected chi connectivity index (χ1v) is 8.60. The average molecular weight is 303 g/mol. The summed E-state index contributed by atoms with van der Waals surface area (Å²) >= 11 is 1.84. The lowest BCUT2D eigenvalue weighted by atomic mass is 10.1. The molecule has 1 fully saturated rings. The van der Waals surface area contributed by atoms with Gasteiger partial charge in [0.25, 0.3) is 0 Å². The number of rotatable bonds is 6. The van der Waals surface area contributed by atoms with E-state index in [4.69, 9.17) is 0 Å². The van der Waals surface area contributed by atoms with E-state index in [-0.39, 0.29) is 5.82 Å². The van der Waals surface area contributed by atoms with Crippen molar-refractivity contribution in [1.29, 1.82) is 0 Å². The zero-order valence-electron chi connectivity index (χ0n) is 12.7. The molecule has 0 saturated heterocycles. The SMILES string of the molecule is CCCNC(c1ccc(-c2ccc(F)c(C)c2)s1)C1CC1. The Balaban J connectivity index is 1.82. The Kier molecular flexibility index (Phi) is 4.41. The molecule has 3 heteroatoms. The molecule has 3 rings (SSSR count). The fraction of sp³-hybridized carbons (Fsp3) is 0.444. The van der Waals surface area contributed by atoms with Gasteiger partial charge < -0.3 is 5.32 Å². The maximum Gasteiger partial charge on any atom is 0.126 e. The van der Waals surface area contributed by atoms with Crippen molar-refractivity contribution in [3.8, 4) is 10.4 Å². The van der Waals surface area contributed by atoms with Crippen LogP contribution in [0.3, 0.4) is 0 Å². The third-order valence-electron chi connectivity index (χ3n) is 4.08. The molecule has 21 heavy (non-hydrogen) atoms. The van der Waals surface area contributed by atoms with Crippen molar-refractivity contribution in [3.63, 3.8) is 0 Å². The first-order valence-electron chi connectivity index (χ1n) is 7.78. The number of nitrogens with one attached hydrogen (secondary N) is 1. The van der Waals surface area contributed by atoms with Crippen LogP contribution in [-0.4, -0.2) is 6.54 Å². The predicted molar refractivity (Wildman–Crippen MR) is 88.2 cm³/mol. The van der Waals surface area contributed by atoms with Gasteiger partial charge >= 0.3 is 0 Å². The summed E-state index contributed by atoms with van der Waals surface area (Å²) in [5.74, 6) is 0.675. The van der Waals surface area contributed by atoms with Crippen molar-refractivity contribution in [2.75, 3.05) is 6.54 Å². The molecule has 1 aromatic heterocycles. The molecule has 1 atom stereocenters. The molecule has 1 aliphatic rings. The molecule has 2 aromatic rings. The van der Waals surface area contributed by atoms with Crippen LogP contribution < -0.4 is 5.32 Å². The summed E-state index contributed by atoms with van der Waals surface area (Å²) in [7, 11) is 0. The highest BCUT2D eigenvalue weighted by Gasteiger charge is 2.32. The molecular weight excluding hydrogens is 281 g/mol. The first-order chi connectivity index (χ1) is 10.2. The molecule has 0 radical (unpaired) electrons. The summed E-state index contributed by atoms with van der Waals surface area (Å²) in [4.78, 5) is 2.65. The maximum atomic E-state index is 13.4. The van der Waals surface area contributed by atoms with Gasteiger partial charge in [0.2, 0.25) is 0 Å². The summed E-state index contributed by atoms with van der Waals surface area (Å²) < 4.78 is 13.4. The largest absolute Gasteiger partial charge is 0.309 e. The van der Waals surface area contributed by atoms with E-state index in [9.17, 15) is 4.39 Å². The molecule has 1 heterocycles. The van der Waals surface area contributed by atoms with Crippen LogP contribution in [0.25, 0.3) is 10.4 Å². The topological polar surface area (TPSA) is 12.0 Å². The Morgan fingerprint density at radius 3 is 2.76 bits per heavy atom. The van der Waals surface area contributed by atoms with Crippen LogP contribution in [0.5, 0.6) is 0 Å². The number of thiophene rings is 1. The Labute approximate surface area is 130 Å². The summed E-state index contributed by atoms with van der Waals surface area (Å²) in [6, 6.07) is 10.3. The standard InChI is InChI=1S/C18H22FNS/c1-3-10-20-18(13-4-5-13)17-9-8-16(21-17)14-6-7-15(19)12(2)11-14/h6-9,11,13,18,20H,3-5,10H2,1-2H3. The van der Waals surface area contributed by atoms with Gasteiger partial charge in [0.1, 0.15) is 5.82 Å². The van der Waals surface area contributed by atoms with E-state index < -0.39 is 0 Å². The molecule has 1 nitrogen and oxygen atoms in total. The molecule has 112 valence electrons. The fourth-order valence-electron chi connectivity index (χ4n) is 2.70. The van der Waals surface area contributed by atoms with Crippen LogP contribution in [0.1, 0.15) is 42.7 Å².